The van der Waals surface area contributed by atoms with Crippen LogP contribution in [0.25, 0.3) is 0 Å². The number of morpholine rings is 1. The number of phenols is 1. The fraction of sp³-hybridized carbons (Fsp3) is 0.222. The van der Waals surface area contributed by atoms with Gasteiger partial charge < -0.3 is 30.1 Å². The molecule has 0 bridgehead atoms. The first-order valence-electron chi connectivity index (χ1n) is 8.45. The number of halogens is 3. The highest BCUT2D eigenvalue weighted by atomic mass is 35.5. The molecule has 8 nitrogen and oxygen atoms in total. The zero-order chi connectivity index (χ0) is 21.0. The number of hydrogen-bond donors (Lipinski definition) is 3. The van der Waals surface area contributed by atoms with Gasteiger partial charge in [0.25, 0.3) is 0 Å². The van der Waals surface area contributed by atoms with E-state index in [4.69, 9.17) is 44.3 Å². The number of nitrogens with one attached hydrogen (secondary N) is 2. The van der Waals surface area contributed by atoms with Gasteiger partial charge in [-0.05, 0) is 24.3 Å². The van der Waals surface area contributed by atoms with Crippen molar-refractivity contribution in [3.05, 3.63) is 45.4 Å². The molecule has 0 aliphatic carbocycles. The number of benzene rings is 2. The van der Waals surface area contributed by atoms with E-state index in [9.17, 15) is 14.7 Å². The highest BCUT2D eigenvalue weighted by molar-refractivity contribution is 6.44. The van der Waals surface area contributed by atoms with Crippen LogP contribution in [0.2, 0.25) is 15.1 Å². The number of aromatic hydroxyl groups is 1. The maximum atomic E-state index is 12.3. The second kappa shape index (κ2) is 9.41. The molecule has 1 aliphatic heterocycles. The SMILES string of the molecule is O=C(Nc1ccc(Cl)c(OC(=O)N2CCOCC2)c1O)Nc1cccc(Cl)c1Cl. The number of rotatable bonds is 3. The van der Waals surface area contributed by atoms with Crippen LogP contribution in [0.15, 0.2) is 30.3 Å². The van der Waals surface area contributed by atoms with Gasteiger partial charge in [0, 0.05) is 13.1 Å². The summed E-state index contributed by atoms with van der Waals surface area (Å²) in [6.07, 6.45) is -0.683. The Bertz CT molecular complexity index is 935. The smallest absolute Gasteiger partial charge is 0.415 e. The monoisotopic (exact) mass is 459 g/mol. The van der Waals surface area contributed by atoms with Crippen molar-refractivity contribution < 1.29 is 24.2 Å². The molecule has 3 rings (SSSR count). The molecule has 2 aromatic rings. The molecule has 0 radical (unpaired) electrons. The zero-order valence-electron chi connectivity index (χ0n) is 14.9. The van der Waals surface area contributed by atoms with Crippen molar-refractivity contribution in [1.29, 1.82) is 0 Å². The molecule has 11 heteroatoms. The summed E-state index contributed by atoms with van der Waals surface area (Å²) in [4.78, 5) is 26.0. The molecule has 0 unspecified atom stereocenters. The lowest BCUT2D eigenvalue weighted by atomic mass is 10.2. The van der Waals surface area contributed by atoms with Crippen molar-refractivity contribution in [3.8, 4) is 11.5 Å². The predicted octanol–water partition coefficient (Wildman–Crippen LogP) is 4.83. The summed E-state index contributed by atoms with van der Waals surface area (Å²) in [5.41, 5.74) is 0.263. The summed E-state index contributed by atoms with van der Waals surface area (Å²) in [5.74, 6) is -0.756. The second-order valence-electron chi connectivity index (χ2n) is 5.92. The van der Waals surface area contributed by atoms with Crippen molar-refractivity contribution in [2.24, 2.45) is 0 Å². The predicted molar refractivity (Wildman–Crippen MR) is 111 cm³/mol. The van der Waals surface area contributed by atoms with Gasteiger partial charge in [0.05, 0.1) is 39.7 Å². The number of hydrogen-bond acceptors (Lipinski definition) is 5. The molecular weight excluding hydrogens is 445 g/mol. The number of carbonyl (C=O) groups excluding carboxylic acids is 2. The Balaban J connectivity index is 1.73. The highest BCUT2D eigenvalue weighted by Gasteiger charge is 2.23. The number of ether oxygens (including phenoxy) is 2. The van der Waals surface area contributed by atoms with E-state index >= 15 is 0 Å². The van der Waals surface area contributed by atoms with Crippen LogP contribution in [0.4, 0.5) is 21.0 Å². The van der Waals surface area contributed by atoms with Crippen LogP contribution in [0.1, 0.15) is 0 Å². The van der Waals surface area contributed by atoms with Crippen molar-refractivity contribution in [3.63, 3.8) is 0 Å². The fourth-order valence-electron chi connectivity index (χ4n) is 2.52. The van der Waals surface area contributed by atoms with Crippen LogP contribution in [0.5, 0.6) is 11.5 Å². The Morgan fingerprint density at radius 3 is 2.41 bits per heavy atom. The third-order valence-corrected chi connectivity index (χ3v) is 5.11. The molecule has 2 aromatic carbocycles. The Morgan fingerprint density at radius 1 is 1.00 bits per heavy atom. The van der Waals surface area contributed by atoms with E-state index in [0.29, 0.717) is 26.3 Å². The molecule has 29 heavy (non-hydrogen) atoms. The molecule has 0 atom stereocenters. The number of nitrogens with zero attached hydrogens (tertiary/aromatic N) is 1. The molecule has 1 saturated heterocycles. The van der Waals surface area contributed by atoms with Gasteiger partial charge >= 0.3 is 12.1 Å². The topological polar surface area (TPSA) is 100 Å². The molecule has 1 heterocycles. The summed E-state index contributed by atoms with van der Waals surface area (Å²) < 4.78 is 10.4. The molecule has 1 fully saturated rings. The first-order chi connectivity index (χ1) is 13.9. The van der Waals surface area contributed by atoms with Gasteiger partial charge in [-0.15, -0.1) is 0 Å². The van der Waals surface area contributed by atoms with Gasteiger partial charge in [0.1, 0.15) is 0 Å². The standard InChI is InChI=1S/C18H16Cl3N3O5/c19-10-2-1-3-12(14(10)21)22-17(26)23-13-5-4-11(20)16(15(13)25)29-18(27)24-6-8-28-9-7-24/h1-5,25H,6-9H2,(H2,22,23,26). The first kappa shape index (κ1) is 21.3. The zero-order valence-corrected chi connectivity index (χ0v) is 17.1. The van der Waals surface area contributed by atoms with Gasteiger partial charge in [-0.25, -0.2) is 9.59 Å². The van der Waals surface area contributed by atoms with Crippen LogP contribution in [0.3, 0.4) is 0 Å². The number of phenolic OH excluding ortho intramolecular Hbond substituents is 1. The third-order valence-electron chi connectivity index (χ3n) is 3.99. The molecule has 3 N–H and O–H groups in total. The Morgan fingerprint density at radius 2 is 1.69 bits per heavy atom. The van der Waals surface area contributed by atoms with E-state index in [1.165, 1.54) is 17.0 Å². The molecule has 1 aliphatic rings. The van der Waals surface area contributed by atoms with Crippen molar-refractivity contribution in [2.75, 3.05) is 36.9 Å². The van der Waals surface area contributed by atoms with E-state index in [2.05, 4.69) is 10.6 Å². The molecule has 0 saturated carbocycles. The number of carbonyl (C=O) groups is 2. The minimum atomic E-state index is -0.697. The minimum absolute atomic E-state index is 0.00736. The van der Waals surface area contributed by atoms with Gasteiger partial charge in [-0.2, -0.15) is 0 Å². The van der Waals surface area contributed by atoms with Crippen molar-refractivity contribution in [1.82, 2.24) is 4.90 Å². The molecule has 3 amide bonds. The first-order valence-corrected chi connectivity index (χ1v) is 9.58. The lowest BCUT2D eigenvalue weighted by molar-refractivity contribution is 0.0414. The summed E-state index contributed by atoms with van der Waals surface area (Å²) in [7, 11) is 0. The third kappa shape index (κ3) is 5.16. The summed E-state index contributed by atoms with van der Waals surface area (Å²) in [6, 6.07) is 6.80. The number of anilines is 2. The van der Waals surface area contributed by atoms with Crippen molar-refractivity contribution >= 4 is 58.3 Å². The summed E-state index contributed by atoms with van der Waals surface area (Å²) in [6.45, 7) is 1.50. The Labute approximate surface area is 181 Å². The lowest BCUT2D eigenvalue weighted by Gasteiger charge is -2.26. The van der Waals surface area contributed by atoms with Crippen LogP contribution in [-0.2, 0) is 4.74 Å². The van der Waals surface area contributed by atoms with Crippen LogP contribution < -0.4 is 15.4 Å². The average molecular weight is 461 g/mol. The quantitative estimate of drug-likeness (QED) is 0.570. The maximum absolute atomic E-state index is 12.3. The summed E-state index contributed by atoms with van der Waals surface area (Å²) >= 11 is 18.0. The second-order valence-corrected chi connectivity index (χ2v) is 7.11. The Hall–Kier alpha value is -2.39. The fourth-order valence-corrected chi connectivity index (χ4v) is 3.06. The Kier molecular flexibility index (Phi) is 6.92. The van der Waals surface area contributed by atoms with E-state index in [0.717, 1.165) is 0 Å². The molecule has 154 valence electrons. The normalized spacial score (nSPS) is 13.7. The van der Waals surface area contributed by atoms with E-state index in [1.807, 2.05) is 0 Å². The van der Waals surface area contributed by atoms with Gasteiger partial charge in [-0.1, -0.05) is 40.9 Å². The summed E-state index contributed by atoms with van der Waals surface area (Å²) in [5, 5.41) is 15.8. The highest BCUT2D eigenvalue weighted by Crippen LogP contribution is 2.40. The number of amides is 3. The van der Waals surface area contributed by atoms with Gasteiger partial charge in [-0.3, -0.25) is 0 Å². The average Bonchev–Trinajstić information content (AvgIpc) is 2.71. The lowest BCUT2D eigenvalue weighted by Crippen LogP contribution is -2.42. The van der Waals surface area contributed by atoms with Gasteiger partial charge in [0.2, 0.25) is 0 Å². The molecular formula is C18H16Cl3N3O5. The molecule has 0 aromatic heterocycles. The van der Waals surface area contributed by atoms with Crippen LogP contribution in [-0.4, -0.2) is 48.4 Å². The van der Waals surface area contributed by atoms with E-state index in [-0.39, 0.29) is 32.2 Å². The van der Waals surface area contributed by atoms with Crippen LogP contribution >= 0.6 is 34.8 Å². The van der Waals surface area contributed by atoms with E-state index < -0.39 is 17.9 Å². The minimum Gasteiger partial charge on any atom is -0.503 e. The van der Waals surface area contributed by atoms with E-state index in [1.54, 1.807) is 18.2 Å². The largest absolute Gasteiger partial charge is 0.503 e. The van der Waals surface area contributed by atoms with Crippen LogP contribution in [0, 0.1) is 0 Å². The number of urea groups is 1. The molecule has 0 spiro atoms. The van der Waals surface area contributed by atoms with Crippen molar-refractivity contribution in [2.45, 2.75) is 0 Å². The maximum Gasteiger partial charge on any atom is 0.415 e. The van der Waals surface area contributed by atoms with Gasteiger partial charge in [0.15, 0.2) is 11.5 Å².